The summed E-state index contributed by atoms with van der Waals surface area (Å²) in [6.07, 6.45) is 0. The van der Waals surface area contributed by atoms with E-state index in [9.17, 15) is 24.6 Å². The van der Waals surface area contributed by atoms with E-state index < -0.39 is 23.5 Å². The Balaban J connectivity index is 1.96. The van der Waals surface area contributed by atoms with Gasteiger partial charge in [-0.15, -0.1) is 11.3 Å². The van der Waals surface area contributed by atoms with Crippen LogP contribution < -0.4 is 9.64 Å². The van der Waals surface area contributed by atoms with E-state index in [4.69, 9.17) is 4.74 Å². The number of benzene rings is 1. The molecule has 2 N–H and O–H groups in total. The number of amides is 1. The topological polar surface area (TPSA) is 130 Å². The molecule has 0 aliphatic carbocycles. The van der Waals surface area contributed by atoms with Crippen molar-refractivity contribution in [1.29, 1.82) is 0 Å². The number of hydrogen-bond acceptors (Lipinski definition) is 10. The summed E-state index contributed by atoms with van der Waals surface area (Å²) in [4.78, 5) is 49.7. The number of carbonyl (C=O) groups is 3. The van der Waals surface area contributed by atoms with Gasteiger partial charge in [-0.25, -0.2) is 9.97 Å². The fourth-order valence-electron chi connectivity index (χ4n) is 3.93. The zero-order chi connectivity index (χ0) is 25.8. The van der Waals surface area contributed by atoms with Crippen molar-refractivity contribution in [3.8, 4) is 11.5 Å². The molecule has 0 bridgehead atoms. The van der Waals surface area contributed by atoms with Crippen molar-refractivity contribution < 1.29 is 29.3 Å². The summed E-state index contributed by atoms with van der Waals surface area (Å²) in [5.74, 6) is -2.37. The van der Waals surface area contributed by atoms with Crippen LogP contribution in [0.25, 0.3) is 0 Å². The molecule has 4 rings (SSSR count). The van der Waals surface area contributed by atoms with Crippen LogP contribution in [0, 0.1) is 20.8 Å². The highest BCUT2D eigenvalue weighted by Gasteiger charge is 2.47. The highest BCUT2D eigenvalue weighted by molar-refractivity contribution is 9.10. The highest BCUT2D eigenvalue weighted by Crippen LogP contribution is 2.47. The predicted molar refractivity (Wildman–Crippen MR) is 135 cm³/mol. The molecule has 3 heterocycles. The number of phenolic OH excluding ortho intramolecular Hbond substituents is 1. The summed E-state index contributed by atoms with van der Waals surface area (Å²) in [5, 5.41) is 22.1. The quantitative estimate of drug-likeness (QED) is 0.392. The number of nitrogens with zero attached hydrogens (tertiary/aromatic N) is 3. The molecule has 0 fully saturated rings. The number of phenols is 1. The number of ketones is 2. The fourth-order valence-corrected chi connectivity index (χ4v) is 6.26. The number of aliphatic hydroxyl groups excluding tert-OH is 1. The van der Waals surface area contributed by atoms with Crippen LogP contribution in [-0.2, 0) is 4.79 Å². The van der Waals surface area contributed by atoms with E-state index in [2.05, 4.69) is 25.9 Å². The molecule has 1 amide bonds. The molecule has 9 nitrogen and oxygen atoms in total. The number of aliphatic hydroxyl groups is 1. The molecule has 1 aliphatic heterocycles. The second-order valence-corrected chi connectivity index (χ2v) is 10.9. The van der Waals surface area contributed by atoms with Crippen LogP contribution in [0.1, 0.15) is 54.3 Å². The van der Waals surface area contributed by atoms with Crippen LogP contribution in [-0.4, -0.2) is 44.8 Å². The van der Waals surface area contributed by atoms with Crippen molar-refractivity contribution in [2.24, 2.45) is 0 Å². The van der Waals surface area contributed by atoms with Gasteiger partial charge in [-0.05, 0) is 54.4 Å². The van der Waals surface area contributed by atoms with Crippen molar-refractivity contribution in [1.82, 2.24) is 9.97 Å². The Hall–Kier alpha value is -3.09. The van der Waals surface area contributed by atoms with E-state index in [1.807, 2.05) is 0 Å². The Morgan fingerprint density at radius 2 is 1.74 bits per heavy atom. The van der Waals surface area contributed by atoms with Gasteiger partial charge < -0.3 is 14.9 Å². The average molecular weight is 578 g/mol. The van der Waals surface area contributed by atoms with Crippen molar-refractivity contribution >= 4 is 61.2 Å². The third-order valence-electron chi connectivity index (χ3n) is 5.46. The Labute approximate surface area is 216 Å². The number of thiazole rings is 2. The number of rotatable bonds is 6. The minimum atomic E-state index is -1.10. The van der Waals surface area contributed by atoms with Crippen LogP contribution in [0.5, 0.6) is 11.5 Å². The Kier molecular flexibility index (Phi) is 6.56. The Morgan fingerprint density at radius 3 is 2.29 bits per heavy atom. The van der Waals surface area contributed by atoms with Gasteiger partial charge in [-0.3, -0.25) is 19.3 Å². The number of ether oxygens (including phenoxy) is 1. The van der Waals surface area contributed by atoms with E-state index in [0.29, 0.717) is 31.7 Å². The van der Waals surface area contributed by atoms with Gasteiger partial charge in [0.25, 0.3) is 5.91 Å². The van der Waals surface area contributed by atoms with E-state index in [0.717, 1.165) is 22.7 Å². The molecule has 0 saturated carbocycles. The average Bonchev–Trinajstić information content (AvgIpc) is 3.42. The first-order chi connectivity index (χ1) is 16.5. The molecule has 1 aliphatic rings. The molecule has 3 aromatic rings. The lowest BCUT2D eigenvalue weighted by molar-refractivity contribution is -0.117. The third-order valence-corrected chi connectivity index (χ3v) is 8.39. The zero-order valence-corrected chi connectivity index (χ0v) is 22.5. The van der Waals surface area contributed by atoms with Gasteiger partial charge in [0.15, 0.2) is 28.2 Å². The van der Waals surface area contributed by atoms with Crippen molar-refractivity contribution in [3.63, 3.8) is 0 Å². The number of anilines is 1. The lowest BCUT2D eigenvalue weighted by Gasteiger charge is -2.25. The van der Waals surface area contributed by atoms with Gasteiger partial charge in [0.05, 0.1) is 49.3 Å². The number of halogens is 1. The van der Waals surface area contributed by atoms with E-state index in [1.54, 1.807) is 20.8 Å². The van der Waals surface area contributed by atoms with Gasteiger partial charge in [-0.2, -0.15) is 0 Å². The predicted octanol–water partition coefficient (Wildman–Crippen LogP) is 4.99. The lowest BCUT2D eigenvalue weighted by Crippen LogP contribution is -2.31. The first-order valence-corrected chi connectivity index (χ1v) is 12.7. The SMILES string of the molecule is COc1cc(C2C(C(=O)c3sc(C)nc3C)=C(O)C(=O)N2c2nc(C)c(C(C)=O)s2)cc(Br)c1O. The maximum atomic E-state index is 13.7. The minimum Gasteiger partial charge on any atom is -0.503 e. The van der Waals surface area contributed by atoms with Crippen molar-refractivity contribution in [3.05, 3.63) is 59.7 Å². The second-order valence-electron chi connectivity index (χ2n) is 7.84. The lowest BCUT2D eigenvalue weighted by atomic mass is 9.95. The number of hydrogen-bond donors (Lipinski definition) is 2. The largest absolute Gasteiger partial charge is 0.503 e. The minimum absolute atomic E-state index is 0.101. The maximum absolute atomic E-state index is 13.7. The first-order valence-electron chi connectivity index (χ1n) is 10.3. The van der Waals surface area contributed by atoms with Crippen LogP contribution in [0.15, 0.2) is 27.9 Å². The summed E-state index contributed by atoms with van der Waals surface area (Å²) in [7, 11) is 1.37. The molecule has 0 saturated heterocycles. The molecule has 182 valence electrons. The number of methoxy groups -OCH3 is 1. The number of aryl methyl sites for hydroxylation is 3. The molecular formula is C23H20BrN3O6S2. The van der Waals surface area contributed by atoms with Crippen LogP contribution in [0.3, 0.4) is 0 Å². The summed E-state index contributed by atoms with van der Waals surface area (Å²) in [5.41, 5.74) is 1.14. The summed E-state index contributed by atoms with van der Waals surface area (Å²) < 4.78 is 5.53. The molecule has 2 aromatic heterocycles. The Bertz CT molecular complexity index is 1440. The van der Waals surface area contributed by atoms with E-state index >= 15 is 0 Å². The zero-order valence-electron chi connectivity index (χ0n) is 19.3. The normalized spacial score (nSPS) is 15.8. The van der Waals surface area contributed by atoms with Crippen LogP contribution in [0.4, 0.5) is 5.13 Å². The molecule has 0 radical (unpaired) electrons. The summed E-state index contributed by atoms with van der Waals surface area (Å²) >= 11 is 5.44. The smallest absolute Gasteiger partial charge is 0.296 e. The van der Waals surface area contributed by atoms with Crippen LogP contribution >= 0.6 is 38.6 Å². The highest BCUT2D eigenvalue weighted by atomic mass is 79.9. The van der Waals surface area contributed by atoms with Gasteiger partial charge in [-0.1, -0.05) is 11.3 Å². The molecule has 0 spiro atoms. The standard InChI is InChI=1S/C23H20BrN3O6S2/c1-8-20(10(3)28)35-23(26-8)27-16(12-6-13(24)17(29)14(7-12)33-5)15(19(31)22(27)32)18(30)21-9(2)25-11(4)34-21/h6-7,16,29,31H,1-5H3. The summed E-state index contributed by atoms with van der Waals surface area (Å²) in [6.45, 7) is 6.49. The fraction of sp³-hybridized carbons (Fsp3) is 0.261. The number of aromatic hydroxyl groups is 1. The van der Waals surface area contributed by atoms with Gasteiger partial charge in [0.1, 0.15) is 0 Å². The van der Waals surface area contributed by atoms with Crippen LogP contribution in [0.2, 0.25) is 0 Å². The molecule has 1 unspecified atom stereocenters. The number of aromatic nitrogens is 2. The molecular weight excluding hydrogens is 558 g/mol. The molecule has 1 atom stereocenters. The van der Waals surface area contributed by atoms with Crippen molar-refractivity contribution in [2.75, 3.05) is 12.0 Å². The number of Topliss-reactive ketones (excluding diaryl/α,β-unsaturated/α-hetero) is 2. The van der Waals surface area contributed by atoms with Gasteiger partial charge >= 0.3 is 0 Å². The summed E-state index contributed by atoms with van der Waals surface area (Å²) in [6, 6.07) is 1.91. The molecule has 12 heteroatoms. The third kappa shape index (κ3) is 4.15. The molecule has 1 aromatic carbocycles. The first kappa shape index (κ1) is 25.0. The van der Waals surface area contributed by atoms with Gasteiger partial charge in [0, 0.05) is 6.92 Å². The Morgan fingerprint density at radius 1 is 1.09 bits per heavy atom. The van der Waals surface area contributed by atoms with E-state index in [1.165, 1.54) is 31.1 Å². The van der Waals surface area contributed by atoms with E-state index in [-0.39, 0.29) is 32.5 Å². The molecule has 35 heavy (non-hydrogen) atoms. The maximum Gasteiger partial charge on any atom is 0.296 e. The van der Waals surface area contributed by atoms with Gasteiger partial charge in [0.2, 0.25) is 5.78 Å². The van der Waals surface area contributed by atoms with Crippen molar-refractivity contribution in [2.45, 2.75) is 33.7 Å². The number of carbonyl (C=O) groups excluding carboxylic acids is 3. The monoisotopic (exact) mass is 577 g/mol. The second kappa shape index (κ2) is 9.17.